The smallest absolute Gasteiger partial charge is 0.248 e. The summed E-state index contributed by atoms with van der Waals surface area (Å²) in [6.07, 6.45) is 2.62. The zero-order valence-corrected chi connectivity index (χ0v) is 12.4. The number of hydrogen-bond acceptors (Lipinski definition) is 4. The molecule has 4 nitrogen and oxygen atoms in total. The molecular weight excluding hydrogens is 306 g/mol. The molecule has 1 aromatic heterocycles. The fourth-order valence-electron chi connectivity index (χ4n) is 1.93. The molecule has 1 aromatic carbocycles. The maximum Gasteiger partial charge on any atom is 0.248 e. The molecule has 100 valence electrons. The van der Waals surface area contributed by atoms with E-state index in [4.69, 9.17) is 4.42 Å². The summed E-state index contributed by atoms with van der Waals surface area (Å²) >= 11 is 3.49. The Balaban J connectivity index is 1.64. The normalized spacial score (nSPS) is 16.5. The predicted octanol–water partition coefficient (Wildman–Crippen LogP) is 3.39. The zero-order chi connectivity index (χ0) is 13.3. The van der Waals surface area contributed by atoms with Crippen molar-refractivity contribution in [3.8, 4) is 11.5 Å². The SMILES string of the molecule is CC1(CNCc2nnc(-c3ccccc3Br)o2)CC1. The molecule has 5 heteroatoms. The highest BCUT2D eigenvalue weighted by molar-refractivity contribution is 9.10. The lowest BCUT2D eigenvalue weighted by molar-refractivity contribution is 0.441. The third kappa shape index (κ3) is 3.04. The first-order valence-electron chi connectivity index (χ1n) is 6.44. The highest BCUT2D eigenvalue weighted by Crippen LogP contribution is 2.44. The Labute approximate surface area is 120 Å². The largest absolute Gasteiger partial charge is 0.419 e. The van der Waals surface area contributed by atoms with Gasteiger partial charge < -0.3 is 9.73 Å². The van der Waals surface area contributed by atoms with Crippen LogP contribution in [-0.2, 0) is 6.54 Å². The minimum absolute atomic E-state index is 0.491. The van der Waals surface area contributed by atoms with Gasteiger partial charge in [-0.05, 0) is 46.3 Å². The number of rotatable bonds is 5. The Morgan fingerprint density at radius 1 is 1.32 bits per heavy atom. The lowest BCUT2D eigenvalue weighted by Crippen LogP contribution is -2.21. The molecule has 2 aromatic rings. The fourth-order valence-corrected chi connectivity index (χ4v) is 2.38. The van der Waals surface area contributed by atoms with Crippen molar-refractivity contribution in [2.24, 2.45) is 5.41 Å². The number of nitrogens with one attached hydrogen (secondary N) is 1. The van der Waals surface area contributed by atoms with Crippen molar-refractivity contribution in [2.45, 2.75) is 26.3 Å². The lowest BCUT2D eigenvalue weighted by atomic mass is 10.1. The van der Waals surface area contributed by atoms with Crippen molar-refractivity contribution in [1.29, 1.82) is 0 Å². The molecule has 1 N–H and O–H groups in total. The van der Waals surface area contributed by atoms with Crippen LogP contribution in [0.25, 0.3) is 11.5 Å². The molecule has 0 bridgehead atoms. The average molecular weight is 322 g/mol. The molecule has 1 aliphatic carbocycles. The van der Waals surface area contributed by atoms with Crippen LogP contribution in [0.5, 0.6) is 0 Å². The molecule has 0 amide bonds. The predicted molar refractivity (Wildman–Crippen MR) is 76.5 cm³/mol. The molecule has 1 saturated carbocycles. The van der Waals surface area contributed by atoms with Crippen LogP contribution in [0.4, 0.5) is 0 Å². The van der Waals surface area contributed by atoms with Gasteiger partial charge in [0.1, 0.15) is 0 Å². The summed E-state index contributed by atoms with van der Waals surface area (Å²) in [6, 6.07) is 7.84. The number of aromatic nitrogens is 2. The third-order valence-corrected chi connectivity index (χ3v) is 4.19. The Morgan fingerprint density at radius 3 is 2.84 bits per heavy atom. The number of halogens is 1. The number of hydrogen-bond donors (Lipinski definition) is 1. The van der Waals surface area contributed by atoms with Gasteiger partial charge in [0.2, 0.25) is 11.8 Å². The van der Waals surface area contributed by atoms with Gasteiger partial charge in [0.15, 0.2) is 0 Å². The molecule has 19 heavy (non-hydrogen) atoms. The first-order chi connectivity index (χ1) is 9.16. The summed E-state index contributed by atoms with van der Waals surface area (Å²) in [7, 11) is 0. The lowest BCUT2D eigenvalue weighted by Gasteiger charge is -2.07. The molecule has 0 aliphatic heterocycles. The fraction of sp³-hybridized carbons (Fsp3) is 0.429. The van der Waals surface area contributed by atoms with Crippen LogP contribution in [0.2, 0.25) is 0 Å². The van der Waals surface area contributed by atoms with Crippen LogP contribution in [0, 0.1) is 5.41 Å². The van der Waals surface area contributed by atoms with Gasteiger partial charge in [-0.25, -0.2) is 0 Å². The van der Waals surface area contributed by atoms with Crippen molar-refractivity contribution < 1.29 is 4.42 Å². The molecule has 0 atom stereocenters. The van der Waals surface area contributed by atoms with E-state index >= 15 is 0 Å². The third-order valence-electron chi connectivity index (χ3n) is 3.50. The summed E-state index contributed by atoms with van der Waals surface area (Å²) in [5.74, 6) is 1.19. The molecule has 0 spiro atoms. The van der Waals surface area contributed by atoms with E-state index in [-0.39, 0.29) is 0 Å². The van der Waals surface area contributed by atoms with Gasteiger partial charge in [0.05, 0.1) is 12.1 Å². The summed E-state index contributed by atoms with van der Waals surface area (Å²) in [6.45, 7) is 3.94. The summed E-state index contributed by atoms with van der Waals surface area (Å²) in [5.41, 5.74) is 1.42. The quantitative estimate of drug-likeness (QED) is 0.917. The van der Waals surface area contributed by atoms with Crippen LogP contribution in [0.3, 0.4) is 0 Å². The van der Waals surface area contributed by atoms with Gasteiger partial charge in [0, 0.05) is 11.0 Å². The van der Waals surface area contributed by atoms with Gasteiger partial charge >= 0.3 is 0 Å². The Kier molecular flexibility index (Phi) is 3.41. The molecule has 0 radical (unpaired) electrons. The summed E-state index contributed by atoms with van der Waals surface area (Å²) in [4.78, 5) is 0. The maximum absolute atomic E-state index is 5.67. The molecule has 0 unspecified atom stereocenters. The van der Waals surface area contributed by atoms with E-state index in [9.17, 15) is 0 Å². The van der Waals surface area contributed by atoms with Gasteiger partial charge in [-0.3, -0.25) is 0 Å². The second-order valence-corrected chi connectivity index (χ2v) is 6.25. The molecule has 1 heterocycles. The maximum atomic E-state index is 5.67. The zero-order valence-electron chi connectivity index (χ0n) is 10.8. The van der Waals surface area contributed by atoms with Crippen LogP contribution >= 0.6 is 15.9 Å². The van der Waals surface area contributed by atoms with Crippen molar-refractivity contribution in [3.05, 3.63) is 34.6 Å². The number of benzene rings is 1. The van der Waals surface area contributed by atoms with Crippen molar-refractivity contribution in [1.82, 2.24) is 15.5 Å². The summed E-state index contributed by atoms with van der Waals surface area (Å²) < 4.78 is 6.63. The Hall–Kier alpha value is -1.20. The van der Waals surface area contributed by atoms with Crippen LogP contribution in [0.1, 0.15) is 25.7 Å². The van der Waals surface area contributed by atoms with E-state index in [2.05, 4.69) is 38.4 Å². The highest BCUT2D eigenvalue weighted by Gasteiger charge is 2.36. The van der Waals surface area contributed by atoms with E-state index in [1.54, 1.807) is 0 Å². The molecular formula is C14H16BrN3O. The van der Waals surface area contributed by atoms with E-state index in [0.29, 0.717) is 23.7 Å². The topological polar surface area (TPSA) is 51.0 Å². The van der Waals surface area contributed by atoms with E-state index in [1.165, 1.54) is 12.8 Å². The summed E-state index contributed by atoms with van der Waals surface area (Å²) in [5, 5.41) is 11.5. The first-order valence-corrected chi connectivity index (χ1v) is 7.24. The molecule has 1 aliphatic rings. The second-order valence-electron chi connectivity index (χ2n) is 5.40. The number of nitrogens with zero attached hydrogens (tertiary/aromatic N) is 2. The molecule has 3 rings (SSSR count). The van der Waals surface area contributed by atoms with Gasteiger partial charge in [-0.15, -0.1) is 10.2 Å². The van der Waals surface area contributed by atoms with Crippen LogP contribution in [-0.4, -0.2) is 16.7 Å². The van der Waals surface area contributed by atoms with E-state index < -0.39 is 0 Å². The van der Waals surface area contributed by atoms with Crippen molar-refractivity contribution in [2.75, 3.05) is 6.54 Å². The first kappa shape index (κ1) is 12.8. The molecule has 1 fully saturated rings. The van der Waals surface area contributed by atoms with Gasteiger partial charge in [-0.2, -0.15) is 0 Å². The Bertz CT molecular complexity index is 578. The van der Waals surface area contributed by atoms with Gasteiger partial charge in [-0.1, -0.05) is 19.1 Å². The van der Waals surface area contributed by atoms with Crippen LogP contribution in [0.15, 0.2) is 33.2 Å². The highest BCUT2D eigenvalue weighted by atomic mass is 79.9. The van der Waals surface area contributed by atoms with Crippen molar-refractivity contribution in [3.63, 3.8) is 0 Å². The minimum Gasteiger partial charge on any atom is -0.419 e. The standard InChI is InChI=1S/C14H16BrN3O/c1-14(6-7-14)9-16-8-12-17-18-13(19-12)10-4-2-3-5-11(10)15/h2-5,16H,6-9H2,1H3. The minimum atomic E-state index is 0.491. The molecule has 0 saturated heterocycles. The average Bonchev–Trinajstić information content (AvgIpc) is 2.95. The van der Waals surface area contributed by atoms with Crippen molar-refractivity contribution >= 4 is 15.9 Å². The van der Waals surface area contributed by atoms with Gasteiger partial charge in [0.25, 0.3) is 0 Å². The Morgan fingerprint density at radius 2 is 2.11 bits per heavy atom. The van der Waals surface area contributed by atoms with E-state index in [1.807, 2.05) is 24.3 Å². The second kappa shape index (κ2) is 5.06. The van der Waals surface area contributed by atoms with Crippen LogP contribution < -0.4 is 5.32 Å². The van der Waals surface area contributed by atoms with E-state index in [0.717, 1.165) is 16.6 Å². The monoisotopic (exact) mass is 321 g/mol.